The second kappa shape index (κ2) is 6.13. The summed E-state index contributed by atoms with van der Waals surface area (Å²) in [6.07, 6.45) is 9.05. The van der Waals surface area contributed by atoms with Crippen LogP contribution in [-0.4, -0.2) is 36.2 Å². The summed E-state index contributed by atoms with van der Waals surface area (Å²) < 4.78 is 0. The lowest BCUT2D eigenvalue weighted by atomic mass is 9.71. The van der Waals surface area contributed by atoms with Crippen molar-refractivity contribution < 1.29 is 5.11 Å². The average Bonchev–Trinajstić information content (AvgIpc) is 2.85. The largest absolute Gasteiger partial charge is 0.396 e. The fraction of sp³-hybridized carbons (Fsp3) is 1.00. The molecule has 1 saturated carbocycles. The van der Waals surface area contributed by atoms with E-state index in [9.17, 15) is 5.11 Å². The molecule has 0 radical (unpaired) electrons. The maximum Gasteiger partial charge on any atom is 0.0499 e. The highest BCUT2D eigenvalue weighted by Crippen LogP contribution is 2.42. The van der Waals surface area contributed by atoms with Gasteiger partial charge in [-0.05, 0) is 50.0 Å². The minimum Gasteiger partial charge on any atom is -0.396 e. The van der Waals surface area contributed by atoms with Crippen molar-refractivity contribution in [3.05, 3.63) is 0 Å². The molecule has 2 rings (SSSR count). The fourth-order valence-corrected chi connectivity index (χ4v) is 4.20. The first-order chi connectivity index (χ1) is 9.07. The van der Waals surface area contributed by atoms with Crippen LogP contribution in [0.3, 0.4) is 0 Å². The van der Waals surface area contributed by atoms with Gasteiger partial charge >= 0.3 is 0 Å². The fourth-order valence-electron chi connectivity index (χ4n) is 4.20. The summed E-state index contributed by atoms with van der Waals surface area (Å²) in [5.74, 6) is 0.864. The van der Waals surface area contributed by atoms with Gasteiger partial charge in [0.2, 0.25) is 0 Å². The van der Waals surface area contributed by atoms with Crippen LogP contribution >= 0.6 is 0 Å². The van der Waals surface area contributed by atoms with E-state index in [0.717, 1.165) is 12.5 Å². The molecule has 0 spiro atoms. The minimum absolute atomic E-state index is 0.212. The molecule has 0 bridgehead atoms. The van der Waals surface area contributed by atoms with Gasteiger partial charge in [-0.2, -0.15) is 0 Å². The van der Waals surface area contributed by atoms with Crippen molar-refractivity contribution in [1.29, 1.82) is 0 Å². The first kappa shape index (κ1) is 15.3. The third-order valence-corrected chi connectivity index (χ3v) is 6.25. The summed E-state index contributed by atoms with van der Waals surface area (Å²) in [7, 11) is 0. The highest BCUT2D eigenvalue weighted by atomic mass is 16.3. The molecule has 1 N–H and O–H groups in total. The van der Waals surface area contributed by atoms with Crippen molar-refractivity contribution >= 4 is 0 Å². The van der Waals surface area contributed by atoms with Crippen molar-refractivity contribution in [2.24, 2.45) is 16.7 Å². The number of aliphatic hydroxyl groups is 1. The standard InChI is InChI=1S/C17H33NO/c1-4-16(5-2)10-11-18(12-16)13-17(14-19)8-6-15(3)7-9-17/h15,19H,4-14H2,1-3H3. The SMILES string of the molecule is CCC1(CC)CCN(CC2(CO)CCC(C)CC2)C1. The number of hydrogen-bond donors (Lipinski definition) is 1. The maximum atomic E-state index is 9.91. The molecule has 0 atom stereocenters. The minimum atomic E-state index is 0.212. The maximum absolute atomic E-state index is 9.91. The monoisotopic (exact) mass is 267 g/mol. The van der Waals surface area contributed by atoms with Gasteiger partial charge in [0.25, 0.3) is 0 Å². The molecule has 112 valence electrons. The summed E-state index contributed by atoms with van der Waals surface area (Å²) in [6.45, 7) is 11.1. The van der Waals surface area contributed by atoms with Crippen molar-refractivity contribution in [1.82, 2.24) is 4.90 Å². The second-order valence-corrected chi connectivity index (χ2v) is 7.51. The van der Waals surface area contributed by atoms with Crippen LogP contribution in [-0.2, 0) is 0 Å². The van der Waals surface area contributed by atoms with Crippen LogP contribution in [0.25, 0.3) is 0 Å². The lowest BCUT2D eigenvalue weighted by molar-refractivity contribution is 0.0324. The predicted octanol–water partition coefficient (Wildman–Crippen LogP) is 3.69. The zero-order chi connectivity index (χ0) is 13.9. The molecular formula is C17H33NO. The quantitative estimate of drug-likeness (QED) is 0.821. The molecule has 0 aromatic carbocycles. The Morgan fingerprint density at radius 1 is 1.05 bits per heavy atom. The lowest BCUT2D eigenvalue weighted by Crippen LogP contribution is -2.42. The molecule has 0 aromatic rings. The van der Waals surface area contributed by atoms with Crippen molar-refractivity contribution in [3.8, 4) is 0 Å². The third kappa shape index (κ3) is 3.33. The molecule has 0 amide bonds. The third-order valence-electron chi connectivity index (χ3n) is 6.25. The average molecular weight is 267 g/mol. The smallest absolute Gasteiger partial charge is 0.0499 e. The summed E-state index contributed by atoms with van der Waals surface area (Å²) in [5, 5.41) is 9.91. The molecule has 19 heavy (non-hydrogen) atoms. The van der Waals surface area contributed by atoms with E-state index >= 15 is 0 Å². The van der Waals surface area contributed by atoms with E-state index in [4.69, 9.17) is 0 Å². The molecule has 1 saturated heterocycles. The van der Waals surface area contributed by atoms with E-state index in [1.807, 2.05) is 0 Å². The second-order valence-electron chi connectivity index (χ2n) is 7.51. The van der Waals surface area contributed by atoms with Gasteiger partial charge in [-0.1, -0.05) is 33.6 Å². The summed E-state index contributed by atoms with van der Waals surface area (Å²) in [4.78, 5) is 2.65. The Hall–Kier alpha value is -0.0800. The van der Waals surface area contributed by atoms with E-state index < -0.39 is 0 Å². The Labute approximate surface area is 119 Å². The summed E-state index contributed by atoms with van der Waals surface area (Å²) >= 11 is 0. The van der Waals surface area contributed by atoms with E-state index in [-0.39, 0.29) is 5.41 Å². The van der Waals surface area contributed by atoms with Crippen LogP contribution in [0.15, 0.2) is 0 Å². The zero-order valence-corrected chi connectivity index (χ0v) is 13.2. The Kier molecular flexibility index (Phi) is 4.94. The normalized spacial score (nSPS) is 35.7. The van der Waals surface area contributed by atoms with Crippen molar-refractivity contribution in [2.75, 3.05) is 26.2 Å². The first-order valence-electron chi connectivity index (χ1n) is 8.40. The van der Waals surface area contributed by atoms with Crippen LogP contribution in [0, 0.1) is 16.7 Å². The van der Waals surface area contributed by atoms with Crippen molar-refractivity contribution in [2.45, 2.75) is 65.7 Å². The number of hydrogen-bond acceptors (Lipinski definition) is 2. The Morgan fingerprint density at radius 2 is 1.68 bits per heavy atom. The van der Waals surface area contributed by atoms with Crippen LogP contribution in [0.4, 0.5) is 0 Å². The molecule has 0 unspecified atom stereocenters. The highest BCUT2D eigenvalue weighted by Gasteiger charge is 2.40. The zero-order valence-electron chi connectivity index (χ0n) is 13.2. The molecule has 1 heterocycles. The highest BCUT2D eigenvalue weighted by molar-refractivity contribution is 4.93. The molecule has 0 aromatic heterocycles. The molecule has 2 heteroatoms. The number of nitrogens with zero attached hydrogens (tertiary/aromatic N) is 1. The van der Waals surface area contributed by atoms with Gasteiger partial charge in [0.1, 0.15) is 0 Å². The van der Waals surface area contributed by atoms with E-state index in [0.29, 0.717) is 12.0 Å². The van der Waals surface area contributed by atoms with Gasteiger partial charge < -0.3 is 10.0 Å². The van der Waals surface area contributed by atoms with Crippen LogP contribution < -0.4 is 0 Å². The van der Waals surface area contributed by atoms with Crippen molar-refractivity contribution in [3.63, 3.8) is 0 Å². The molecule has 2 nitrogen and oxygen atoms in total. The van der Waals surface area contributed by atoms with E-state index in [2.05, 4.69) is 25.7 Å². The van der Waals surface area contributed by atoms with Gasteiger partial charge in [-0.25, -0.2) is 0 Å². The number of rotatable bonds is 5. The lowest BCUT2D eigenvalue weighted by Gasteiger charge is -2.41. The van der Waals surface area contributed by atoms with Gasteiger partial charge in [-0.3, -0.25) is 0 Å². The molecular weight excluding hydrogens is 234 g/mol. The van der Waals surface area contributed by atoms with Gasteiger partial charge in [0.05, 0.1) is 0 Å². The molecule has 1 aliphatic heterocycles. The molecule has 2 aliphatic rings. The van der Waals surface area contributed by atoms with Gasteiger partial charge in [-0.15, -0.1) is 0 Å². The summed E-state index contributed by atoms with van der Waals surface area (Å²) in [5.41, 5.74) is 0.780. The topological polar surface area (TPSA) is 23.5 Å². The molecule has 1 aliphatic carbocycles. The number of likely N-dealkylation sites (tertiary alicyclic amines) is 1. The first-order valence-corrected chi connectivity index (χ1v) is 8.40. The van der Waals surface area contributed by atoms with Crippen LogP contribution in [0.5, 0.6) is 0 Å². The Balaban J connectivity index is 1.93. The summed E-state index contributed by atoms with van der Waals surface area (Å²) in [6, 6.07) is 0. The van der Waals surface area contributed by atoms with Gasteiger partial charge in [0.15, 0.2) is 0 Å². The van der Waals surface area contributed by atoms with Crippen LogP contribution in [0.1, 0.15) is 65.7 Å². The van der Waals surface area contributed by atoms with Crippen LogP contribution in [0.2, 0.25) is 0 Å². The van der Waals surface area contributed by atoms with Gasteiger partial charge in [0, 0.05) is 25.1 Å². The predicted molar refractivity (Wildman–Crippen MR) is 81.2 cm³/mol. The van der Waals surface area contributed by atoms with E-state index in [1.165, 1.54) is 58.0 Å². The molecule has 2 fully saturated rings. The Morgan fingerprint density at radius 3 is 2.16 bits per heavy atom. The number of aliphatic hydroxyl groups excluding tert-OH is 1. The van der Waals surface area contributed by atoms with E-state index in [1.54, 1.807) is 0 Å². The Bertz CT molecular complexity index is 277.